The third kappa shape index (κ3) is 4.22. The van der Waals surface area contributed by atoms with Gasteiger partial charge in [-0.05, 0) is 49.5 Å². The van der Waals surface area contributed by atoms with Gasteiger partial charge in [0, 0.05) is 29.9 Å². The van der Waals surface area contributed by atoms with Crippen LogP contribution in [0.2, 0.25) is 0 Å². The zero-order chi connectivity index (χ0) is 33.6. The molecule has 0 amide bonds. The maximum absolute atomic E-state index is 13.8. The van der Waals surface area contributed by atoms with E-state index in [1.54, 1.807) is 32.1 Å². The van der Waals surface area contributed by atoms with E-state index in [1.807, 2.05) is 43.3 Å². The smallest absolute Gasteiger partial charge is 0.331 e. The minimum Gasteiger partial charge on any atom is -0.455 e. The Hall–Kier alpha value is -2.96. The highest BCUT2D eigenvalue weighted by atomic mass is 16.9. The van der Waals surface area contributed by atoms with Crippen molar-refractivity contribution in [1.82, 2.24) is 0 Å². The molecule has 10 heteroatoms. The van der Waals surface area contributed by atoms with Gasteiger partial charge in [0.2, 0.25) is 0 Å². The first kappa shape index (κ1) is 32.6. The Bertz CT molecular complexity index is 1570. The van der Waals surface area contributed by atoms with Crippen molar-refractivity contribution in [2.75, 3.05) is 6.61 Å². The fourth-order valence-corrected chi connectivity index (χ4v) is 9.26. The molecule has 12 atom stereocenters. The number of aliphatic hydroxyl groups is 3. The van der Waals surface area contributed by atoms with Crippen molar-refractivity contribution < 1.29 is 48.6 Å². The van der Waals surface area contributed by atoms with Crippen LogP contribution in [-0.2, 0) is 33.3 Å². The van der Waals surface area contributed by atoms with Crippen LogP contribution in [0.1, 0.15) is 58.9 Å². The molecule has 10 nitrogen and oxygen atoms in total. The fraction of sp³-hybridized carbons (Fsp3) is 0.568. The zero-order valence-corrected chi connectivity index (χ0v) is 27.3. The molecule has 0 unspecified atom stereocenters. The monoisotopic (exact) mass is 648 g/mol. The molecule has 3 saturated heterocycles. The van der Waals surface area contributed by atoms with E-state index in [-0.39, 0.29) is 5.57 Å². The van der Waals surface area contributed by atoms with Gasteiger partial charge in [-0.3, -0.25) is 4.79 Å². The van der Waals surface area contributed by atoms with Crippen LogP contribution in [0.15, 0.2) is 72.4 Å². The van der Waals surface area contributed by atoms with Gasteiger partial charge in [-0.1, -0.05) is 75.8 Å². The molecule has 5 fully saturated rings. The Morgan fingerprint density at radius 2 is 1.87 bits per heavy atom. The number of hydrogen-bond donors (Lipinski definition) is 3. The number of hydrogen-bond acceptors (Lipinski definition) is 10. The minimum atomic E-state index is -2.40. The summed E-state index contributed by atoms with van der Waals surface area (Å²) in [6.45, 7) is 11.0. The molecule has 0 aromatic heterocycles. The van der Waals surface area contributed by atoms with Gasteiger partial charge < -0.3 is 39.0 Å². The lowest BCUT2D eigenvalue weighted by Crippen LogP contribution is -2.76. The van der Waals surface area contributed by atoms with Crippen LogP contribution >= 0.6 is 0 Å². The van der Waals surface area contributed by atoms with E-state index in [2.05, 4.69) is 13.5 Å². The van der Waals surface area contributed by atoms with Gasteiger partial charge in [0.15, 0.2) is 17.0 Å². The number of ether oxygens (including phenoxy) is 5. The quantitative estimate of drug-likeness (QED) is 0.113. The number of esters is 1. The number of fused-ring (bicyclic) bond motifs is 3. The van der Waals surface area contributed by atoms with Crippen molar-refractivity contribution in [1.29, 1.82) is 0 Å². The molecule has 0 spiro atoms. The summed E-state index contributed by atoms with van der Waals surface area (Å²) in [6, 6.07) is 9.34. The Balaban J connectivity index is 1.40. The molecule has 2 saturated carbocycles. The number of epoxide rings is 1. The summed E-state index contributed by atoms with van der Waals surface area (Å²) in [5.41, 5.74) is -5.46. The highest BCUT2D eigenvalue weighted by molar-refractivity contribution is 6.05. The third-order valence-electron chi connectivity index (χ3n) is 11.5. The average Bonchev–Trinajstić information content (AvgIpc) is 3.68. The van der Waals surface area contributed by atoms with Gasteiger partial charge in [-0.2, -0.15) is 0 Å². The van der Waals surface area contributed by atoms with Crippen LogP contribution in [0, 0.1) is 17.8 Å². The third-order valence-corrected chi connectivity index (χ3v) is 11.5. The Kier molecular flexibility index (Phi) is 7.65. The van der Waals surface area contributed by atoms with E-state index in [0.717, 1.165) is 31.2 Å². The number of ketones is 1. The highest BCUT2D eigenvalue weighted by Crippen LogP contribution is 2.73. The second kappa shape index (κ2) is 11.0. The van der Waals surface area contributed by atoms with E-state index in [1.165, 1.54) is 6.08 Å². The summed E-state index contributed by atoms with van der Waals surface area (Å²) >= 11 is 0. The van der Waals surface area contributed by atoms with Gasteiger partial charge in [0.25, 0.3) is 0 Å². The van der Waals surface area contributed by atoms with Gasteiger partial charge in [0.05, 0.1) is 12.2 Å². The predicted molar refractivity (Wildman–Crippen MR) is 169 cm³/mol. The second-order valence-electron chi connectivity index (χ2n) is 14.1. The average molecular weight is 649 g/mol. The molecular formula is C37H44O10. The number of rotatable bonds is 10. The van der Waals surface area contributed by atoms with Crippen molar-refractivity contribution in [3.05, 3.63) is 77.9 Å². The Labute approximate surface area is 274 Å². The lowest BCUT2D eigenvalue weighted by Gasteiger charge is -2.61. The number of allylic oxidation sites excluding steroid dienone is 1. The van der Waals surface area contributed by atoms with E-state index in [4.69, 9.17) is 23.7 Å². The molecule has 1 aromatic carbocycles. The maximum atomic E-state index is 13.8. The molecule has 3 aliphatic heterocycles. The van der Waals surface area contributed by atoms with Crippen molar-refractivity contribution >= 4 is 17.8 Å². The van der Waals surface area contributed by atoms with E-state index in [0.29, 0.717) is 5.57 Å². The predicted octanol–water partition coefficient (Wildman–Crippen LogP) is 3.55. The van der Waals surface area contributed by atoms with Gasteiger partial charge in [-0.25, -0.2) is 4.79 Å². The topological polar surface area (TPSA) is 144 Å². The van der Waals surface area contributed by atoms with Crippen molar-refractivity contribution in [3.8, 4) is 0 Å². The molecule has 6 aliphatic rings. The van der Waals surface area contributed by atoms with Gasteiger partial charge in [0.1, 0.15) is 30.0 Å². The highest BCUT2D eigenvalue weighted by Gasteiger charge is 2.90. The first-order chi connectivity index (χ1) is 22.4. The Morgan fingerprint density at radius 1 is 1.13 bits per heavy atom. The second-order valence-corrected chi connectivity index (χ2v) is 14.1. The molecule has 3 aliphatic carbocycles. The van der Waals surface area contributed by atoms with Crippen LogP contribution in [0.5, 0.6) is 0 Å². The lowest BCUT2D eigenvalue weighted by atomic mass is 9.53. The molecule has 47 heavy (non-hydrogen) atoms. The molecule has 3 bridgehead atoms. The van der Waals surface area contributed by atoms with Crippen molar-refractivity contribution in [2.24, 2.45) is 17.8 Å². The maximum Gasteiger partial charge on any atom is 0.331 e. The van der Waals surface area contributed by atoms with Crippen LogP contribution in [0.4, 0.5) is 0 Å². The molecule has 252 valence electrons. The largest absolute Gasteiger partial charge is 0.455 e. The molecule has 1 aromatic rings. The molecule has 3 heterocycles. The van der Waals surface area contributed by atoms with Crippen LogP contribution in [-0.4, -0.2) is 86.5 Å². The summed E-state index contributed by atoms with van der Waals surface area (Å²) in [4.78, 5) is 27.4. The number of carbonyl (C=O) groups excluding carboxylic acids is 2. The molecular weight excluding hydrogens is 604 g/mol. The fourth-order valence-electron chi connectivity index (χ4n) is 9.26. The molecule has 7 rings (SSSR count). The van der Waals surface area contributed by atoms with E-state index < -0.39 is 88.9 Å². The number of Topliss-reactive ketones (excluding diaryl/α,β-unsaturated/α-hetero) is 1. The van der Waals surface area contributed by atoms with Crippen molar-refractivity contribution in [3.63, 3.8) is 0 Å². The molecule has 3 N–H and O–H groups in total. The van der Waals surface area contributed by atoms with Gasteiger partial charge in [-0.15, -0.1) is 0 Å². The van der Waals surface area contributed by atoms with Crippen molar-refractivity contribution in [2.45, 2.75) is 106 Å². The summed E-state index contributed by atoms with van der Waals surface area (Å²) < 4.78 is 33.1. The SMILES string of the molecule is C=C(C)[C@@]12O[C@@]3(C=CCCCCC)O[C@@H]1[C@@H]1[C@@H]4O[C@]4(CO)[C@@H](O)[C@]4(O)C(=O)C(C)=C[C@H]4[C@@]1(O3)[C@H](C)[C@H]2OC(=O)C=Cc1ccccc1. The van der Waals surface area contributed by atoms with Crippen LogP contribution < -0.4 is 0 Å². The summed E-state index contributed by atoms with van der Waals surface area (Å²) in [6.07, 6.45) is 7.40. The number of benzene rings is 1. The summed E-state index contributed by atoms with van der Waals surface area (Å²) in [5, 5.41) is 34.9. The van der Waals surface area contributed by atoms with Crippen LogP contribution in [0.25, 0.3) is 6.08 Å². The van der Waals surface area contributed by atoms with E-state index in [9.17, 15) is 24.9 Å². The number of aliphatic hydroxyl groups excluding tert-OH is 2. The first-order valence-corrected chi connectivity index (χ1v) is 16.7. The summed E-state index contributed by atoms with van der Waals surface area (Å²) in [5.74, 6) is -5.76. The van der Waals surface area contributed by atoms with E-state index >= 15 is 0 Å². The Morgan fingerprint density at radius 3 is 2.55 bits per heavy atom. The number of carbonyl (C=O) groups is 2. The minimum absolute atomic E-state index is 0.243. The normalized spacial score (nSPS) is 45.8. The van der Waals surface area contributed by atoms with Gasteiger partial charge >= 0.3 is 11.9 Å². The molecule has 0 radical (unpaired) electrons. The summed E-state index contributed by atoms with van der Waals surface area (Å²) in [7, 11) is 0. The lowest BCUT2D eigenvalue weighted by molar-refractivity contribution is -0.407. The van der Waals surface area contributed by atoms with Crippen LogP contribution in [0.3, 0.4) is 0 Å². The number of unbranched alkanes of at least 4 members (excludes halogenated alkanes) is 3. The first-order valence-electron chi connectivity index (χ1n) is 16.7. The standard InChI is InChI=1S/C37H44O10/c1-6-7-8-9-13-18-34-45-31-27-30-33(20-38,44-30)32(41)35(42)25(19-22(4)28(35)40)37(27,47-34)23(5)29(36(31,46-34)21(2)3)43-26(39)17-16-24-14-11-10-12-15-24/h10-19,23,25,27,29-32,38,41-42H,2,6-9,20H2,1,3-5H3/t23-,25-,27+,29-,30+,31-,32-,33+,34-,35-,36+,37+/m1/s1. The zero-order valence-electron chi connectivity index (χ0n) is 27.3.